The summed E-state index contributed by atoms with van der Waals surface area (Å²) < 4.78 is 47.0. The summed E-state index contributed by atoms with van der Waals surface area (Å²) in [6, 6.07) is 13.9. The van der Waals surface area contributed by atoms with E-state index in [0.717, 1.165) is 61.1 Å². The Morgan fingerprint density at radius 1 is 1.08 bits per heavy atom. The van der Waals surface area contributed by atoms with Gasteiger partial charge in [0.1, 0.15) is 5.75 Å². The molecule has 0 bridgehead atoms. The fourth-order valence-corrected chi connectivity index (χ4v) is 7.54. The van der Waals surface area contributed by atoms with Crippen LogP contribution in [0.1, 0.15) is 69.7 Å². The van der Waals surface area contributed by atoms with Crippen LogP contribution in [0.3, 0.4) is 0 Å². The highest BCUT2D eigenvalue weighted by Gasteiger charge is 2.39. The Labute approximate surface area is 286 Å². The molecular weight excluding hydrogens is 657 g/mol. The summed E-state index contributed by atoms with van der Waals surface area (Å²) in [5.74, 6) is -0.803. The van der Waals surface area contributed by atoms with Crippen molar-refractivity contribution in [2.45, 2.75) is 62.4 Å². The van der Waals surface area contributed by atoms with E-state index in [-0.39, 0.29) is 34.8 Å². The lowest BCUT2D eigenvalue weighted by Gasteiger charge is -2.32. The summed E-state index contributed by atoms with van der Waals surface area (Å²) >= 11 is 4.81. The van der Waals surface area contributed by atoms with Gasteiger partial charge in [-0.15, -0.1) is 0 Å². The molecule has 256 valence electrons. The van der Waals surface area contributed by atoms with Crippen LogP contribution in [0.4, 0.5) is 18.9 Å². The largest absolute Gasteiger partial charge is 0.494 e. The minimum Gasteiger partial charge on any atom is -0.494 e. The fraction of sp³-hybridized carbons (Fsp3) is 0.371. The smallest absolute Gasteiger partial charge is 0.416 e. The average Bonchev–Trinajstić information content (AvgIpc) is 3.64. The summed E-state index contributed by atoms with van der Waals surface area (Å²) in [4.78, 5) is 41.5. The molecule has 3 amide bonds. The number of nitrogens with one attached hydrogen (secondary N) is 2. The van der Waals surface area contributed by atoms with Crippen LogP contribution in [0, 0.1) is 0 Å². The number of alkyl halides is 3. The molecule has 7 rings (SSSR count). The highest BCUT2D eigenvalue weighted by atomic mass is 32.1. The highest BCUT2D eigenvalue weighted by Crippen LogP contribution is 2.40. The molecule has 3 aliphatic heterocycles. The van der Waals surface area contributed by atoms with Gasteiger partial charge in [-0.05, 0) is 60.2 Å². The molecule has 4 heterocycles. The summed E-state index contributed by atoms with van der Waals surface area (Å²) in [6.45, 7) is 3.15. The number of fused-ring (bicyclic) bond motifs is 2. The Morgan fingerprint density at radius 2 is 1.88 bits per heavy atom. The molecule has 2 N–H and O–H groups in total. The van der Waals surface area contributed by atoms with E-state index in [1.54, 1.807) is 12.1 Å². The predicted octanol–water partition coefficient (Wildman–Crippen LogP) is 5.70. The van der Waals surface area contributed by atoms with E-state index in [1.165, 1.54) is 24.8 Å². The Morgan fingerprint density at radius 3 is 2.61 bits per heavy atom. The first kappa shape index (κ1) is 33.1. The van der Waals surface area contributed by atoms with E-state index in [2.05, 4.69) is 38.6 Å². The summed E-state index contributed by atoms with van der Waals surface area (Å²) in [6.07, 6.45) is -0.0256. The fourth-order valence-electron chi connectivity index (χ4n) is 7.04. The normalized spacial score (nSPS) is 20.8. The van der Waals surface area contributed by atoms with E-state index in [4.69, 9.17) is 22.5 Å². The lowest BCUT2D eigenvalue weighted by molar-refractivity contribution is -0.138. The molecule has 0 spiro atoms. The number of ether oxygens (including phenoxy) is 1. The number of aromatic nitrogens is 2. The van der Waals surface area contributed by atoms with E-state index < -0.39 is 17.6 Å². The first-order valence-electron chi connectivity index (χ1n) is 16.1. The number of imide groups is 1. The van der Waals surface area contributed by atoms with Crippen LogP contribution in [0.25, 0.3) is 10.9 Å². The van der Waals surface area contributed by atoms with Gasteiger partial charge in [-0.1, -0.05) is 24.3 Å². The molecule has 2 unspecified atom stereocenters. The lowest BCUT2D eigenvalue weighted by Crippen LogP contribution is -2.51. The van der Waals surface area contributed by atoms with Crippen molar-refractivity contribution < 1.29 is 32.3 Å². The van der Waals surface area contributed by atoms with Crippen molar-refractivity contribution in [1.29, 1.82) is 0 Å². The average molecular weight is 693 g/mol. The molecule has 2 saturated heterocycles. The van der Waals surface area contributed by atoms with Crippen LogP contribution in [-0.4, -0.2) is 63.5 Å². The standard InChI is InChI=1S/C35H35F3N6O4S/c1-48-30-16-27-23(15-28(30)39-32(46)21-3-2-4-24(14-21)35(36,37)38)19-44(41-27)25-9-11-42(12-10-25)17-20-5-6-26-22(13-20)18-43(34(26)49)29-7-8-31(45)40-33(29)47/h2-6,13-16,19,25,29,34,49H,7-12,17-18H2,1H3,(H,39,46)(H,40,45,47). The maximum Gasteiger partial charge on any atom is 0.416 e. The molecule has 4 aromatic rings. The minimum absolute atomic E-state index is 0.112. The molecule has 0 radical (unpaired) electrons. The van der Waals surface area contributed by atoms with Crippen molar-refractivity contribution in [2.24, 2.45) is 0 Å². The number of amides is 3. The number of likely N-dealkylation sites (tertiary alicyclic amines) is 1. The van der Waals surface area contributed by atoms with E-state index in [1.807, 2.05) is 10.9 Å². The quantitative estimate of drug-likeness (QED) is 0.169. The molecule has 10 nitrogen and oxygen atoms in total. The number of nitrogens with zero attached hydrogens (tertiary/aromatic N) is 4. The number of benzene rings is 3. The maximum absolute atomic E-state index is 13.2. The third kappa shape index (κ3) is 6.77. The van der Waals surface area contributed by atoms with E-state index in [9.17, 15) is 27.6 Å². The second kappa shape index (κ2) is 13.1. The highest BCUT2D eigenvalue weighted by molar-refractivity contribution is 7.80. The van der Waals surface area contributed by atoms with Crippen LogP contribution in [0.2, 0.25) is 0 Å². The molecule has 2 fully saturated rings. The molecular formula is C35H35F3N6O4S. The van der Waals surface area contributed by atoms with Gasteiger partial charge in [-0.3, -0.25) is 34.2 Å². The monoisotopic (exact) mass is 692 g/mol. The van der Waals surface area contributed by atoms with E-state index >= 15 is 0 Å². The topological polar surface area (TPSA) is 109 Å². The van der Waals surface area contributed by atoms with Crippen molar-refractivity contribution in [3.63, 3.8) is 0 Å². The first-order valence-corrected chi connectivity index (χ1v) is 16.7. The van der Waals surface area contributed by atoms with Gasteiger partial charge >= 0.3 is 6.18 Å². The van der Waals surface area contributed by atoms with Gasteiger partial charge in [-0.25, -0.2) is 0 Å². The van der Waals surface area contributed by atoms with Crippen LogP contribution in [0.15, 0.2) is 60.8 Å². The number of hydrogen-bond acceptors (Lipinski definition) is 8. The molecule has 1 aromatic heterocycles. The lowest BCUT2D eigenvalue weighted by atomic mass is 10.0. The first-order chi connectivity index (χ1) is 23.5. The minimum atomic E-state index is -4.56. The molecule has 14 heteroatoms. The molecule has 3 aliphatic rings. The van der Waals surface area contributed by atoms with Crippen LogP contribution in [-0.2, 0) is 28.9 Å². The van der Waals surface area contributed by atoms with Gasteiger partial charge in [0.2, 0.25) is 11.8 Å². The third-order valence-corrected chi connectivity index (χ3v) is 10.2. The number of halogens is 3. The van der Waals surface area contributed by atoms with Gasteiger partial charge in [0, 0.05) is 55.8 Å². The zero-order valence-electron chi connectivity index (χ0n) is 26.7. The van der Waals surface area contributed by atoms with Crippen molar-refractivity contribution in [1.82, 2.24) is 24.9 Å². The number of anilines is 1. The SMILES string of the molecule is COc1cc2nn(C3CCN(Cc4ccc5c(c4)CN(C4CCC(=O)NC4=O)C5S)CC3)cc2cc1NC(=O)c1cccc(C(F)(F)F)c1. The Hall–Kier alpha value is -4.40. The molecule has 49 heavy (non-hydrogen) atoms. The van der Waals surface area contributed by atoms with Gasteiger partial charge in [0.05, 0.1) is 41.3 Å². The van der Waals surface area contributed by atoms with Crippen molar-refractivity contribution in [3.8, 4) is 5.75 Å². The number of hydrogen-bond donors (Lipinski definition) is 3. The molecule has 0 aliphatic carbocycles. The van der Waals surface area contributed by atoms with E-state index in [0.29, 0.717) is 36.3 Å². The number of carbonyl (C=O) groups is 3. The predicted molar refractivity (Wildman–Crippen MR) is 179 cm³/mol. The van der Waals surface area contributed by atoms with Gasteiger partial charge in [0.25, 0.3) is 5.91 Å². The zero-order chi connectivity index (χ0) is 34.4. The number of rotatable bonds is 7. The van der Waals surface area contributed by atoms with Crippen LogP contribution in [0.5, 0.6) is 5.75 Å². The van der Waals surface area contributed by atoms with Crippen LogP contribution < -0.4 is 15.4 Å². The Bertz CT molecular complexity index is 1940. The Balaban J connectivity index is 0.983. The maximum atomic E-state index is 13.2. The van der Waals surface area contributed by atoms with Gasteiger partial charge < -0.3 is 10.1 Å². The molecule has 3 aromatic carbocycles. The summed E-state index contributed by atoms with van der Waals surface area (Å²) in [5.41, 5.74) is 3.46. The molecule has 0 saturated carbocycles. The van der Waals surface area contributed by atoms with Crippen molar-refractivity contribution >= 4 is 46.9 Å². The number of thiol groups is 1. The summed E-state index contributed by atoms with van der Waals surface area (Å²) in [7, 11) is 1.46. The van der Waals surface area contributed by atoms with Gasteiger partial charge in [-0.2, -0.15) is 30.9 Å². The Kier molecular flexibility index (Phi) is 8.88. The van der Waals surface area contributed by atoms with Crippen LogP contribution >= 0.6 is 12.6 Å². The third-order valence-electron chi connectivity index (χ3n) is 9.64. The van der Waals surface area contributed by atoms with Crippen molar-refractivity contribution in [3.05, 3.63) is 88.6 Å². The molecule has 2 atom stereocenters. The number of carbonyl (C=O) groups excluding carboxylic acids is 3. The van der Waals surface area contributed by atoms with Crippen molar-refractivity contribution in [2.75, 3.05) is 25.5 Å². The zero-order valence-corrected chi connectivity index (χ0v) is 27.6. The second-order valence-electron chi connectivity index (χ2n) is 12.8. The second-order valence-corrected chi connectivity index (χ2v) is 13.3. The summed E-state index contributed by atoms with van der Waals surface area (Å²) in [5, 5.41) is 10.5. The number of piperidine rings is 2. The number of methoxy groups -OCH3 is 1. The van der Waals surface area contributed by atoms with Gasteiger partial charge in [0.15, 0.2) is 0 Å².